The van der Waals surface area contributed by atoms with E-state index in [9.17, 15) is 4.79 Å². The zero-order chi connectivity index (χ0) is 13.1. The normalized spacial score (nSPS) is 12.4. The van der Waals surface area contributed by atoms with Crippen molar-refractivity contribution < 1.29 is 4.79 Å². The molecule has 1 atom stereocenters. The van der Waals surface area contributed by atoms with Gasteiger partial charge in [0.2, 0.25) is 0 Å². The molecule has 0 saturated heterocycles. The van der Waals surface area contributed by atoms with Crippen LogP contribution in [0, 0.1) is 6.92 Å². The molecule has 1 heterocycles. The Kier molecular flexibility index (Phi) is 3.92. The highest BCUT2D eigenvalue weighted by Crippen LogP contribution is 2.28. The molecule has 18 heavy (non-hydrogen) atoms. The SMILES string of the molecule is CCC(C)c1ccc(-c2nc(C)sc2C=O)cc1. The Hall–Kier alpha value is -1.48. The molecule has 2 aromatic rings. The summed E-state index contributed by atoms with van der Waals surface area (Å²) in [6.45, 7) is 6.33. The van der Waals surface area contributed by atoms with E-state index in [2.05, 4.69) is 43.1 Å². The van der Waals surface area contributed by atoms with Gasteiger partial charge in [-0.15, -0.1) is 11.3 Å². The Balaban J connectivity index is 2.36. The van der Waals surface area contributed by atoms with Crippen molar-refractivity contribution >= 4 is 17.6 Å². The molecule has 0 radical (unpaired) electrons. The molecular weight excluding hydrogens is 242 g/mol. The molecule has 1 aromatic heterocycles. The van der Waals surface area contributed by atoms with Gasteiger partial charge >= 0.3 is 0 Å². The molecule has 2 nitrogen and oxygen atoms in total. The van der Waals surface area contributed by atoms with Gasteiger partial charge in [-0.3, -0.25) is 4.79 Å². The number of hydrogen-bond donors (Lipinski definition) is 0. The first-order valence-corrected chi connectivity index (χ1v) is 7.00. The number of nitrogens with zero attached hydrogens (tertiary/aromatic N) is 1. The van der Waals surface area contributed by atoms with E-state index in [1.165, 1.54) is 16.9 Å². The maximum atomic E-state index is 11.0. The predicted molar refractivity (Wildman–Crippen MR) is 76.4 cm³/mol. The smallest absolute Gasteiger partial charge is 0.162 e. The van der Waals surface area contributed by atoms with E-state index in [1.54, 1.807) is 0 Å². The standard InChI is InChI=1S/C15H17NOS/c1-4-10(2)12-5-7-13(8-6-12)15-14(9-17)18-11(3)16-15/h5-10H,4H2,1-3H3. The number of hydrogen-bond acceptors (Lipinski definition) is 3. The third-order valence-corrected chi connectivity index (χ3v) is 4.13. The van der Waals surface area contributed by atoms with Crippen LogP contribution in [0.1, 0.15) is 46.4 Å². The average Bonchev–Trinajstić information content (AvgIpc) is 2.79. The van der Waals surface area contributed by atoms with Crippen LogP contribution in [0.3, 0.4) is 0 Å². The summed E-state index contributed by atoms with van der Waals surface area (Å²) in [4.78, 5) is 16.2. The van der Waals surface area contributed by atoms with Crippen LogP contribution >= 0.6 is 11.3 Å². The third-order valence-electron chi connectivity index (χ3n) is 3.23. The molecule has 0 aliphatic rings. The largest absolute Gasteiger partial charge is 0.297 e. The highest BCUT2D eigenvalue weighted by molar-refractivity contribution is 7.13. The fraction of sp³-hybridized carbons (Fsp3) is 0.333. The maximum Gasteiger partial charge on any atom is 0.162 e. The van der Waals surface area contributed by atoms with Gasteiger partial charge in [0.1, 0.15) is 0 Å². The summed E-state index contributed by atoms with van der Waals surface area (Å²) >= 11 is 1.45. The quantitative estimate of drug-likeness (QED) is 0.759. The number of benzene rings is 1. The minimum atomic E-state index is 0.571. The van der Waals surface area contributed by atoms with Crippen LogP contribution in [0.4, 0.5) is 0 Å². The van der Waals surface area contributed by atoms with Gasteiger partial charge in [0, 0.05) is 5.56 Å². The molecule has 1 aromatic carbocycles. The van der Waals surface area contributed by atoms with E-state index in [0.717, 1.165) is 29.0 Å². The molecule has 1 unspecified atom stereocenters. The highest BCUT2D eigenvalue weighted by atomic mass is 32.1. The van der Waals surface area contributed by atoms with Gasteiger partial charge in [-0.25, -0.2) is 4.98 Å². The first-order valence-electron chi connectivity index (χ1n) is 6.18. The molecule has 0 amide bonds. The van der Waals surface area contributed by atoms with Crippen LogP contribution in [-0.4, -0.2) is 11.3 Å². The van der Waals surface area contributed by atoms with Crippen LogP contribution in [0.25, 0.3) is 11.3 Å². The third kappa shape index (κ3) is 2.51. The minimum Gasteiger partial charge on any atom is -0.297 e. The Labute approximate surface area is 112 Å². The lowest BCUT2D eigenvalue weighted by molar-refractivity contribution is 0.112. The highest BCUT2D eigenvalue weighted by Gasteiger charge is 2.11. The van der Waals surface area contributed by atoms with Crippen LogP contribution in [-0.2, 0) is 0 Å². The summed E-state index contributed by atoms with van der Waals surface area (Å²) in [5, 5.41) is 0.929. The zero-order valence-electron chi connectivity index (χ0n) is 10.9. The Bertz CT molecular complexity index is 542. The van der Waals surface area contributed by atoms with E-state index in [-0.39, 0.29) is 0 Å². The molecule has 0 fully saturated rings. The van der Waals surface area contributed by atoms with E-state index in [1.807, 2.05) is 6.92 Å². The van der Waals surface area contributed by atoms with E-state index in [0.29, 0.717) is 10.8 Å². The van der Waals surface area contributed by atoms with Crippen molar-refractivity contribution in [3.63, 3.8) is 0 Å². The molecule has 0 aliphatic heterocycles. The Morgan fingerprint density at radius 3 is 2.56 bits per heavy atom. The fourth-order valence-electron chi connectivity index (χ4n) is 1.93. The van der Waals surface area contributed by atoms with Gasteiger partial charge in [-0.05, 0) is 24.8 Å². The first-order chi connectivity index (χ1) is 8.65. The summed E-state index contributed by atoms with van der Waals surface area (Å²) in [5.41, 5.74) is 3.16. The summed E-state index contributed by atoms with van der Waals surface area (Å²) < 4.78 is 0. The number of carbonyl (C=O) groups is 1. The number of carbonyl (C=O) groups excluding carboxylic acids is 1. The van der Waals surface area contributed by atoms with Crippen molar-refractivity contribution in [1.29, 1.82) is 0 Å². The van der Waals surface area contributed by atoms with Gasteiger partial charge in [0.15, 0.2) is 6.29 Å². The molecule has 0 bridgehead atoms. The Morgan fingerprint density at radius 1 is 1.33 bits per heavy atom. The molecule has 0 N–H and O–H groups in total. The monoisotopic (exact) mass is 259 g/mol. The van der Waals surface area contributed by atoms with Gasteiger partial charge in [0.25, 0.3) is 0 Å². The number of aryl methyl sites for hydroxylation is 1. The van der Waals surface area contributed by atoms with Crippen LogP contribution in [0.15, 0.2) is 24.3 Å². The van der Waals surface area contributed by atoms with Crippen LogP contribution in [0.2, 0.25) is 0 Å². The van der Waals surface area contributed by atoms with E-state index < -0.39 is 0 Å². The lowest BCUT2D eigenvalue weighted by Crippen LogP contribution is -1.91. The summed E-state index contributed by atoms with van der Waals surface area (Å²) in [5.74, 6) is 0.571. The second kappa shape index (κ2) is 5.44. The van der Waals surface area contributed by atoms with Crippen molar-refractivity contribution in [2.75, 3.05) is 0 Å². The van der Waals surface area contributed by atoms with Crippen molar-refractivity contribution in [3.05, 3.63) is 39.7 Å². The summed E-state index contributed by atoms with van der Waals surface area (Å²) in [6.07, 6.45) is 2.03. The van der Waals surface area contributed by atoms with Crippen LogP contribution in [0.5, 0.6) is 0 Å². The molecule has 94 valence electrons. The lowest BCUT2D eigenvalue weighted by atomic mass is 9.97. The number of aromatic nitrogens is 1. The lowest BCUT2D eigenvalue weighted by Gasteiger charge is -2.09. The molecule has 0 saturated carbocycles. The van der Waals surface area contributed by atoms with Gasteiger partial charge in [-0.1, -0.05) is 38.1 Å². The fourth-order valence-corrected chi connectivity index (χ4v) is 2.70. The van der Waals surface area contributed by atoms with Crippen molar-refractivity contribution in [3.8, 4) is 11.3 Å². The van der Waals surface area contributed by atoms with E-state index in [4.69, 9.17) is 0 Å². The maximum absolute atomic E-state index is 11.0. The van der Waals surface area contributed by atoms with Gasteiger partial charge < -0.3 is 0 Å². The van der Waals surface area contributed by atoms with E-state index >= 15 is 0 Å². The molecule has 0 aliphatic carbocycles. The second-order valence-electron chi connectivity index (χ2n) is 4.49. The van der Waals surface area contributed by atoms with Gasteiger partial charge in [-0.2, -0.15) is 0 Å². The van der Waals surface area contributed by atoms with Crippen molar-refractivity contribution in [2.45, 2.75) is 33.1 Å². The topological polar surface area (TPSA) is 30.0 Å². The summed E-state index contributed by atoms with van der Waals surface area (Å²) in [7, 11) is 0. The first kappa shape index (κ1) is 13.0. The molecule has 3 heteroatoms. The second-order valence-corrected chi connectivity index (χ2v) is 5.73. The Morgan fingerprint density at radius 2 is 2.00 bits per heavy atom. The summed E-state index contributed by atoms with van der Waals surface area (Å²) in [6, 6.07) is 8.38. The number of aldehydes is 1. The molecular formula is C15H17NOS. The zero-order valence-corrected chi connectivity index (χ0v) is 11.8. The van der Waals surface area contributed by atoms with Crippen LogP contribution < -0.4 is 0 Å². The minimum absolute atomic E-state index is 0.571. The number of thiazole rings is 1. The van der Waals surface area contributed by atoms with Gasteiger partial charge in [0.05, 0.1) is 15.6 Å². The van der Waals surface area contributed by atoms with Crippen molar-refractivity contribution in [1.82, 2.24) is 4.98 Å². The average molecular weight is 259 g/mol. The number of rotatable bonds is 4. The molecule has 0 spiro atoms. The molecule has 2 rings (SSSR count). The van der Waals surface area contributed by atoms with Crippen molar-refractivity contribution in [2.24, 2.45) is 0 Å². The predicted octanol–water partition coefficient (Wildman–Crippen LogP) is 4.44.